The van der Waals surface area contributed by atoms with Crippen LogP contribution < -0.4 is 10.1 Å². The minimum atomic E-state index is 0.602. The molecule has 1 aromatic rings. The van der Waals surface area contributed by atoms with E-state index in [0.717, 1.165) is 38.5 Å². The molecular formula is C13H20N2O. The van der Waals surface area contributed by atoms with Gasteiger partial charge in [0.2, 0.25) is 0 Å². The number of benzene rings is 1. The maximum Gasteiger partial charge on any atom is 0.119 e. The molecule has 0 unspecified atom stereocenters. The fraction of sp³-hybridized carbons (Fsp3) is 0.538. The SMILES string of the molecule is C[C@@H]1CN(CCOc2ccccc2)CCN1. The first-order valence-electron chi connectivity index (χ1n) is 5.98. The Bertz CT molecular complexity index is 302. The summed E-state index contributed by atoms with van der Waals surface area (Å²) < 4.78 is 5.68. The van der Waals surface area contributed by atoms with E-state index in [1.54, 1.807) is 0 Å². The molecule has 3 heteroatoms. The van der Waals surface area contributed by atoms with Gasteiger partial charge < -0.3 is 10.1 Å². The minimum Gasteiger partial charge on any atom is -0.492 e. The molecule has 0 bridgehead atoms. The highest BCUT2D eigenvalue weighted by atomic mass is 16.5. The van der Waals surface area contributed by atoms with Crippen LogP contribution in [0.4, 0.5) is 0 Å². The van der Waals surface area contributed by atoms with Crippen molar-refractivity contribution in [3.05, 3.63) is 30.3 Å². The van der Waals surface area contributed by atoms with Crippen LogP contribution in [-0.4, -0.2) is 43.7 Å². The van der Waals surface area contributed by atoms with Crippen molar-refractivity contribution in [2.45, 2.75) is 13.0 Å². The van der Waals surface area contributed by atoms with Crippen LogP contribution in [0.15, 0.2) is 30.3 Å². The first-order valence-corrected chi connectivity index (χ1v) is 5.98. The van der Waals surface area contributed by atoms with Gasteiger partial charge in [-0.05, 0) is 19.1 Å². The molecule has 1 aromatic carbocycles. The fourth-order valence-corrected chi connectivity index (χ4v) is 2.02. The summed E-state index contributed by atoms with van der Waals surface area (Å²) in [5.41, 5.74) is 0. The standard InChI is InChI=1S/C13H20N2O/c1-12-11-15(8-7-14-12)9-10-16-13-5-3-2-4-6-13/h2-6,12,14H,7-11H2,1H3/t12-/m1/s1. The first-order chi connectivity index (χ1) is 7.84. The molecular weight excluding hydrogens is 200 g/mol. The van der Waals surface area contributed by atoms with Crippen LogP contribution in [-0.2, 0) is 0 Å². The van der Waals surface area contributed by atoms with E-state index in [-0.39, 0.29) is 0 Å². The van der Waals surface area contributed by atoms with Crippen molar-refractivity contribution in [1.82, 2.24) is 10.2 Å². The predicted molar refractivity (Wildman–Crippen MR) is 65.8 cm³/mol. The quantitative estimate of drug-likeness (QED) is 0.829. The average molecular weight is 220 g/mol. The van der Waals surface area contributed by atoms with Crippen molar-refractivity contribution in [1.29, 1.82) is 0 Å². The van der Waals surface area contributed by atoms with Crippen molar-refractivity contribution in [3.8, 4) is 5.75 Å². The number of ether oxygens (including phenoxy) is 1. The third-order valence-corrected chi connectivity index (χ3v) is 2.87. The van der Waals surface area contributed by atoms with Crippen LogP contribution in [0, 0.1) is 0 Å². The van der Waals surface area contributed by atoms with E-state index in [2.05, 4.69) is 17.1 Å². The zero-order chi connectivity index (χ0) is 11.2. The number of hydrogen-bond acceptors (Lipinski definition) is 3. The van der Waals surface area contributed by atoms with Crippen molar-refractivity contribution < 1.29 is 4.74 Å². The van der Waals surface area contributed by atoms with E-state index in [1.165, 1.54) is 0 Å². The lowest BCUT2D eigenvalue weighted by Gasteiger charge is -2.31. The van der Waals surface area contributed by atoms with Gasteiger partial charge >= 0.3 is 0 Å². The highest BCUT2D eigenvalue weighted by Gasteiger charge is 2.14. The Balaban J connectivity index is 1.68. The topological polar surface area (TPSA) is 24.5 Å². The highest BCUT2D eigenvalue weighted by molar-refractivity contribution is 5.20. The lowest BCUT2D eigenvalue weighted by molar-refractivity contribution is 0.170. The molecule has 1 aliphatic heterocycles. The summed E-state index contributed by atoms with van der Waals surface area (Å²) in [4.78, 5) is 2.45. The van der Waals surface area contributed by atoms with Crippen LogP contribution in [0.3, 0.4) is 0 Å². The lowest BCUT2D eigenvalue weighted by Crippen LogP contribution is -2.50. The summed E-state index contributed by atoms with van der Waals surface area (Å²) in [5, 5.41) is 3.44. The van der Waals surface area contributed by atoms with Gasteiger partial charge in [-0.1, -0.05) is 18.2 Å². The monoisotopic (exact) mass is 220 g/mol. The predicted octanol–water partition coefficient (Wildman–Crippen LogP) is 1.36. The average Bonchev–Trinajstić information content (AvgIpc) is 2.30. The summed E-state index contributed by atoms with van der Waals surface area (Å²) in [6.07, 6.45) is 0. The van der Waals surface area contributed by atoms with Crippen LogP contribution in [0.2, 0.25) is 0 Å². The number of nitrogens with one attached hydrogen (secondary N) is 1. The summed E-state index contributed by atoms with van der Waals surface area (Å²) in [6, 6.07) is 10.6. The summed E-state index contributed by atoms with van der Waals surface area (Å²) >= 11 is 0. The molecule has 2 rings (SSSR count). The van der Waals surface area contributed by atoms with Gasteiger partial charge in [-0.25, -0.2) is 0 Å². The van der Waals surface area contributed by atoms with Gasteiger partial charge in [-0.3, -0.25) is 4.90 Å². The largest absolute Gasteiger partial charge is 0.492 e. The second-order valence-electron chi connectivity index (χ2n) is 4.32. The van der Waals surface area contributed by atoms with Gasteiger partial charge in [0, 0.05) is 32.2 Å². The van der Waals surface area contributed by atoms with Crippen molar-refractivity contribution in [2.24, 2.45) is 0 Å². The van der Waals surface area contributed by atoms with Gasteiger partial charge in [0.1, 0.15) is 12.4 Å². The van der Waals surface area contributed by atoms with E-state index in [4.69, 9.17) is 4.74 Å². The maximum atomic E-state index is 5.68. The summed E-state index contributed by atoms with van der Waals surface area (Å²) in [7, 11) is 0. The van der Waals surface area contributed by atoms with Crippen molar-refractivity contribution in [3.63, 3.8) is 0 Å². The molecule has 88 valence electrons. The van der Waals surface area contributed by atoms with E-state index < -0.39 is 0 Å². The van der Waals surface area contributed by atoms with Crippen LogP contribution in [0.25, 0.3) is 0 Å². The normalized spacial score (nSPS) is 21.9. The summed E-state index contributed by atoms with van der Waals surface area (Å²) in [6.45, 7) is 7.36. The number of para-hydroxylation sites is 1. The van der Waals surface area contributed by atoms with Gasteiger partial charge in [0.05, 0.1) is 0 Å². The van der Waals surface area contributed by atoms with E-state index >= 15 is 0 Å². The molecule has 1 atom stereocenters. The van der Waals surface area contributed by atoms with E-state index in [0.29, 0.717) is 6.04 Å². The zero-order valence-corrected chi connectivity index (χ0v) is 9.86. The molecule has 0 spiro atoms. The molecule has 1 fully saturated rings. The fourth-order valence-electron chi connectivity index (χ4n) is 2.02. The van der Waals surface area contributed by atoms with E-state index in [1.807, 2.05) is 30.3 Å². The Kier molecular flexibility index (Phi) is 4.19. The minimum absolute atomic E-state index is 0.602. The smallest absolute Gasteiger partial charge is 0.119 e. The Labute approximate surface area is 97.4 Å². The van der Waals surface area contributed by atoms with Crippen LogP contribution in [0.5, 0.6) is 5.75 Å². The van der Waals surface area contributed by atoms with Gasteiger partial charge in [0.25, 0.3) is 0 Å². The number of nitrogens with zero attached hydrogens (tertiary/aromatic N) is 1. The molecule has 1 aliphatic rings. The van der Waals surface area contributed by atoms with E-state index in [9.17, 15) is 0 Å². The number of rotatable bonds is 4. The molecule has 0 radical (unpaired) electrons. The molecule has 0 aromatic heterocycles. The second kappa shape index (κ2) is 5.87. The van der Waals surface area contributed by atoms with Gasteiger partial charge in [0.15, 0.2) is 0 Å². The third kappa shape index (κ3) is 3.51. The molecule has 0 aliphatic carbocycles. The Hall–Kier alpha value is -1.06. The maximum absolute atomic E-state index is 5.68. The number of piperazine rings is 1. The molecule has 0 saturated carbocycles. The Morgan fingerprint density at radius 2 is 2.19 bits per heavy atom. The van der Waals surface area contributed by atoms with Crippen LogP contribution >= 0.6 is 0 Å². The third-order valence-electron chi connectivity index (χ3n) is 2.87. The van der Waals surface area contributed by atoms with Crippen molar-refractivity contribution >= 4 is 0 Å². The number of hydrogen-bond donors (Lipinski definition) is 1. The lowest BCUT2D eigenvalue weighted by atomic mass is 10.2. The second-order valence-corrected chi connectivity index (χ2v) is 4.32. The van der Waals surface area contributed by atoms with Crippen molar-refractivity contribution in [2.75, 3.05) is 32.8 Å². The molecule has 1 N–H and O–H groups in total. The molecule has 1 saturated heterocycles. The van der Waals surface area contributed by atoms with Gasteiger partial charge in [-0.2, -0.15) is 0 Å². The summed E-state index contributed by atoms with van der Waals surface area (Å²) in [5.74, 6) is 0.964. The molecule has 3 nitrogen and oxygen atoms in total. The van der Waals surface area contributed by atoms with Crippen LogP contribution in [0.1, 0.15) is 6.92 Å². The van der Waals surface area contributed by atoms with Gasteiger partial charge in [-0.15, -0.1) is 0 Å². The Morgan fingerprint density at radius 3 is 2.94 bits per heavy atom. The molecule has 1 heterocycles. The molecule has 16 heavy (non-hydrogen) atoms. The zero-order valence-electron chi connectivity index (χ0n) is 9.86. The molecule has 0 amide bonds. The Morgan fingerprint density at radius 1 is 1.38 bits per heavy atom. The first kappa shape index (κ1) is 11.4. The highest BCUT2D eigenvalue weighted by Crippen LogP contribution is 2.08.